The van der Waals surface area contributed by atoms with Crippen LogP contribution in [0.1, 0.15) is 42.0 Å². The first-order chi connectivity index (χ1) is 10.2. The standard InChI is InChI=1S/C15H19N3O3/c1-3-5-14-13(10-19)16-17-18(14)12-8-6-11(7-9-12)15(20)21-4-2/h6-9,19H,3-5,10H2,1-2H3. The number of aliphatic hydroxyl groups is 1. The Balaban J connectivity index is 2.30. The maximum Gasteiger partial charge on any atom is 0.338 e. The van der Waals surface area contributed by atoms with Gasteiger partial charge in [-0.15, -0.1) is 5.10 Å². The third-order valence-electron chi connectivity index (χ3n) is 3.10. The molecule has 1 aromatic carbocycles. The van der Waals surface area contributed by atoms with Crippen molar-refractivity contribution in [1.29, 1.82) is 0 Å². The van der Waals surface area contributed by atoms with Gasteiger partial charge in [-0.2, -0.15) is 0 Å². The van der Waals surface area contributed by atoms with Gasteiger partial charge in [0.25, 0.3) is 0 Å². The van der Waals surface area contributed by atoms with Crippen molar-refractivity contribution in [3.63, 3.8) is 0 Å². The van der Waals surface area contributed by atoms with Crippen LogP contribution in [-0.2, 0) is 17.8 Å². The first-order valence-electron chi connectivity index (χ1n) is 7.03. The zero-order chi connectivity index (χ0) is 15.2. The Labute approximate surface area is 123 Å². The fraction of sp³-hybridized carbons (Fsp3) is 0.400. The van der Waals surface area contributed by atoms with E-state index in [1.165, 1.54) is 0 Å². The molecule has 0 aliphatic heterocycles. The SMILES string of the molecule is CCCc1c(CO)nnn1-c1ccc(C(=O)OCC)cc1. The lowest BCUT2D eigenvalue weighted by Gasteiger charge is -2.07. The van der Waals surface area contributed by atoms with Crippen LogP contribution in [0.2, 0.25) is 0 Å². The highest BCUT2D eigenvalue weighted by atomic mass is 16.5. The minimum Gasteiger partial charge on any atom is -0.462 e. The van der Waals surface area contributed by atoms with Gasteiger partial charge in [0.2, 0.25) is 0 Å². The predicted octanol–water partition coefficient (Wildman–Crippen LogP) is 1.89. The van der Waals surface area contributed by atoms with Crippen LogP contribution in [0.15, 0.2) is 24.3 Å². The zero-order valence-corrected chi connectivity index (χ0v) is 12.2. The van der Waals surface area contributed by atoms with Crippen molar-refractivity contribution >= 4 is 5.97 Å². The molecule has 0 saturated heterocycles. The van der Waals surface area contributed by atoms with E-state index in [0.717, 1.165) is 24.2 Å². The van der Waals surface area contributed by atoms with Crippen LogP contribution in [0.3, 0.4) is 0 Å². The molecule has 6 nitrogen and oxygen atoms in total. The summed E-state index contributed by atoms with van der Waals surface area (Å²) in [6.07, 6.45) is 1.71. The van der Waals surface area contributed by atoms with Gasteiger partial charge in [0, 0.05) is 0 Å². The summed E-state index contributed by atoms with van der Waals surface area (Å²) < 4.78 is 6.65. The number of esters is 1. The Morgan fingerprint density at radius 3 is 2.57 bits per heavy atom. The molecule has 0 aliphatic rings. The third kappa shape index (κ3) is 3.28. The Kier molecular flexibility index (Phi) is 5.05. The Hall–Kier alpha value is -2.21. The van der Waals surface area contributed by atoms with E-state index < -0.39 is 0 Å². The van der Waals surface area contributed by atoms with Crippen molar-refractivity contribution in [3.05, 3.63) is 41.2 Å². The fourth-order valence-corrected chi connectivity index (χ4v) is 2.10. The average molecular weight is 289 g/mol. The summed E-state index contributed by atoms with van der Waals surface area (Å²) in [6, 6.07) is 6.98. The van der Waals surface area contributed by atoms with Crippen molar-refractivity contribution < 1.29 is 14.6 Å². The van der Waals surface area contributed by atoms with Gasteiger partial charge in [0.05, 0.1) is 30.2 Å². The van der Waals surface area contributed by atoms with Crippen molar-refractivity contribution in [1.82, 2.24) is 15.0 Å². The fourth-order valence-electron chi connectivity index (χ4n) is 2.10. The monoisotopic (exact) mass is 289 g/mol. The number of benzene rings is 1. The lowest BCUT2D eigenvalue weighted by Crippen LogP contribution is -2.06. The molecule has 0 fully saturated rings. The molecule has 0 radical (unpaired) electrons. The first kappa shape index (κ1) is 15.2. The smallest absolute Gasteiger partial charge is 0.338 e. The Morgan fingerprint density at radius 1 is 1.29 bits per heavy atom. The molecule has 0 atom stereocenters. The van der Waals surface area contributed by atoms with E-state index in [1.54, 1.807) is 35.9 Å². The van der Waals surface area contributed by atoms with Crippen molar-refractivity contribution in [2.24, 2.45) is 0 Å². The third-order valence-corrected chi connectivity index (χ3v) is 3.10. The molecule has 112 valence electrons. The average Bonchev–Trinajstić information content (AvgIpc) is 2.91. The second-order valence-electron chi connectivity index (χ2n) is 4.57. The first-order valence-corrected chi connectivity index (χ1v) is 7.03. The largest absolute Gasteiger partial charge is 0.462 e. The van der Waals surface area contributed by atoms with Crippen LogP contribution in [-0.4, -0.2) is 32.7 Å². The van der Waals surface area contributed by atoms with E-state index in [1.807, 2.05) is 0 Å². The van der Waals surface area contributed by atoms with Crippen molar-refractivity contribution in [2.45, 2.75) is 33.3 Å². The Morgan fingerprint density at radius 2 is 2.00 bits per heavy atom. The quantitative estimate of drug-likeness (QED) is 0.822. The number of rotatable bonds is 6. The number of hydrogen-bond acceptors (Lipinski definition) is 5. The molecule has 2 rings (SSSR count). The van der Waals surface area contributed by atoms with Crippen LogP contribution < -0.4 is 0 Å². The second-order valence-corrected chi connectivity index (χ2v) is 4.57. The highest BCUT2D eigenvalue weighted by Gasteiger charge is 2.13. The van der Waals surface area contributed by atoms with Crippen LogP contribution in [0, 0.1) is 0 Å². The van der Waals surface area contributed by atoms with Crippen molar-refractivity contribution in [3.8, 4) is 5.69 Å². The lowest BCUT2D eigenvalue weighted by molar-refractivity contribution is 0.0526. The minimum absolute atomic E-state index is 0.129. The summed E-state index contributed by atoms with van der Waals surface area (Å²) >= 11 is 0. The van der Waals surface area contributed by atoms with E-state index >= 15 is 0 Å². The van der Waals surface area contributed by atoms with Gasteiger partial charge in [0.15, 0.2) is 0 Å². The highest BCUT2D eigenvalue weighted by Crippen LogP contribution is 2.16. The van der Waals surface area contributed by atoms with Gasteiger partial charge in [-0.05, 0) is 37.6 Å². The summed E-state index contributed by atoms with van der Waals surface area (Å²) in [5, 5.41) is 17.4. The number of ether oxygens (including phenoxy) is 1. The summed E-state index contributed by atoms with van der Waals surface area (Å²) in [6.45, 7) is 4.05. The molecular weight excluding hydrogens is 270 g/mol. The Bertz CT molecular complexity index is 605. The van der Waals surface area contributed by atoms with Gasteiger partial charge in [0.1, 0.15) is 5.69 Å². The van der Waals surface area contributed by atoms with Gasteiger partial charge in [-0.3, -0.25) is 0 Å². The molecule has 0 aliphatic carbocycles. The molecule has 1 N–H and O–H groups in total. The van der Waals surface area contributed by atoms with E-state index in [9.17, 15) is 9.90 Å². The molecule has 21 heavy (non-hydrogen) atoms. The van der Waals surface area contributed by atoms with Crippen molar-refractivity contribution in [2.75, 3.05) is 6.61 Å². The normalized spacial score (nSPS) is 10.6. The number of aliphatic hydroxyl groups excluding tert-OH is 1. The minimum atomic E-state index is -0.340. The molecule has 1 heterocycles. The zero-order valence-electron chi connectivity index (χ0n) is 12.2. The van der Waals surface area contributed by atoms with E-state index in [2.05, 4.69) is 17.2 Å². The summed E-state index contributed by atoms with van der Waals surface area (Å²) in [4.78, 5) is 11.6. The van der Waals surface area contributed by atoms with Crippen LogP contribution in [0.4, 0.5) is 0 Å². The molecular formula is C15H19N3O3. The van der Waals surface area contributed by atoms with Crippen LogP contribution >= 0.6 is 0 Å². The summed E-state index contributed by atoms with van der Waals surface area (Å²) in [7, 11) is 0. The van der Waals surface area contributed by atoms with Gasteiger partial charge in [-0.25, -0.2) is 9.48 Å². The van der Waals surface area contributed by atoms with E-state index in [0.29, 0.717) is 17.9 Å². The number of carbonyl (C=O) groups is 1. The topological polar surface area (TPSA) is 77.2 Å². The summed E-state index contributed by atoms with van der Waals surface area (Å²) in [5.41, 5.74) is 2.79. The number of nitrogens with zero attached hydrogens (tertiary/aromatic N) is 3. The second kappa shape index (κ2) is 6.99. The molecule has 0 spiro atoms. The molecule has 0 amide bonds. The van der Waals surface area contributed by atoms with E-state index in [4.69, 9.17) is 4.74 Å². The molecule has 6 heteroatoms. The lowest BCUT2D eigenvalue weighted by atomic mass is 10.2. The maximum absolute atomic E-state index is 11.6. The molecule has 0 unspecified atom stereocenters. The number of hydrogen-bond donors (Lipinski definition) is 1. The predicted molar refractivity (Wildman–Crippen MR) is 77.2 cm³/mol. The highest BCUT2D eigenvalue weighted by molar-refractivity contribution is 5.89. The van der Waals surface area contributed by atoms with Gasteiger partial charge >= 0.3 is 5.97 Å². The summed E-state index contributed by atoms with van der Waals surface area (Å²) in [5.74, 6) is -0.340. The van der Waals surface area contributed by atoms with Crippen LogP contribution in [0.5, 0.6) is 0 Å². The van der Waals surface area contributed by atoms with Crippen LogP contribution in [0.25, 0.3) is 5.69 Å². The maximum atomic E-state index is 11.6. The number of carbonyl (C=O) groups excluding carboxylic acids is 1. The molecule has 1 aromatic heterocycles. The van der Waals surface area contributed by atoms with Gasteiger partial charge < -0.3 is 9.84 Å². The van der Waals surface area contributed by atoms with Gasteiger partial charge in [-0.1, -0.05) is 18.6 Å². The molecule has 0 bridgehead atoms. The number of aromatic nitrogens is 3. The molecule has 2 aromatic rings. The molecule has 0 saturated carbocycles. The van der Waals surface area contributed by atoms with E-state index in [-0.39, 0.29) is 12.6 Å².